The number of benzene rings is 1. The molecule has 0 aromatic heterocycles. The van der Waals surface area contributed by atoms with E-state index in [-0.39, 0.29) is 13.0 Å². The van der Waals surface area contributed by atoms with Gasteiger partial charge in [0.05, 0.1) is 25.0 Å². The number of halogens is 5. The molecule has 0 spiro atoms. The lowest BCUT2D eigenvalue weighted by Gasteiger charge is -2.16. The Bertz CT molecular complexity index is 756. The van der Waals surface area contributed by atoms with Crippen LogP contribution < -0.4 is 0 Å². The van der Waals surface area contributed by atoms with E-state index in [1.54, 1.807) is 0 Å². The van der Waals surface area contributed by atoms with Crippen molar-refractivity contribution >= 4 is 11.9 Å². The van der Waals surface area contributed by atoms with Gasteiger partial charge in [-0.15, -0.1) is 0 Å². The largest absolute Gasteiger partial charge is 0.466 e. The number of esters is 2. The molecule has 1 aromatic carbocycles. The van der Waals surface area contributed by atoms with Gasteiger partial charge in [-0.3, -0.25) is 9.59 Å². The maximum Gasteiger partial charge on any atom is 0.306 e. The number of carbonyl (C=O) groups excluding carboxylic acids is 2. The Morgan fingerprint density at radius 2 is 1.06 bits per heavy atom. The zero-order chi connectivity index (χ0) is 25.5. The van der Waals surface area contributed by atoms with E-state index in [0.717, 1.165) is 26.2 Å². The molecule has 1 unspecified atom stereocenters. The summed E-state index contributed by atoms with van der Waals surface area (Å²) >= 11 is 0. The van der Waals surface area contributed by atoms with Gasteiger partial charge in [0.25, 0.3) is 0 Å². The van der Waals surface area contributed by atoms with Crippen LogP contribution in [-0.2, 0) is 19.1 Å². The SMILES string of the molecule is CCCCCCCCCCCCCOC(=O)CCC(=O)OC(C)c1c(F)c(F)c(F)c(F)c1F. The minimum Gasteiger partial charge on any atom is -0.466 e. The van der Waals surface area contributed by atoms with Gasteiger partial charge in [-0.25, -0.2) is 22.0 Å². The predicted molar refractivity (Wildman–Crippen MR) is 117 cm³/mol. The van der Waals surface area contributed by atoms with Gasteiger partial charge in [0.2, 0.25) is 5.82 Å². The molecular weight excluding hydrogens is 459 g/mol. The second-order valence-electron chi connectivity index (χ2n) is 8.37. The van der Waals surface area contributed by atoms with E-state index in [1.165, 1.54) is 44.9 Å². The minimum absolute atomic E-state index is 0.228. The van der Waals surface area contributed by atoms with Gasteiger partial charge in [0.1, 0.15) is 6.10 Å². The van der Waals surface area contributed by atoms with Gasteiger partial charge in [-0.2, -0.15) is 0 Å². The first kappa shape index (κ1) is 29.8. The number of hydrogen-bond donors (Lipinski definition) is 0. The van der Waals surface area contributed by atoms with Crippen LogP contribution >= 0.6 is 0 Å². The summed E-state index contributed by atoms with van der Waals surface area (Å²) in [7, 11) is 0. The molecule has 34 heavy (non-hydrogen) atoms. The molecule has 0 bridgehead atoms. The molecule has 1 aromatic rings. The summed E-state index contributed by atoms with van der Waals surface area (Å²) in [5, 5.41) is 0. The molecule has 1 rings (SSSR count). The Hall–Kier alpha value is -2.19. The molecule has 9 heteroatoms. The summed E-state index contributed by atoms with van der Waals surface area (Å²) in [4.78, 5) is 23.6. The molecule has 0 N–H and O–H groups in total. The molecule has 0 aliphatic rings. The zero-order valence-electron chi connectivity index (χ0n) is 20.0. The molecule has 0 saturated carbocycles. The van der Waals surface area contributed by atoms with E-state index in [2.05, 4.69) is 6.92 Å². The summed E-state index contributed by atoms with van der Waals surface area (Å²) in [6.07, 6.45) is 10.3. The van der Waals surface area contributed by atoms with Gasteiger partial charge >= 0.3 is 11.9 Å². The first-order chi connectivity index (χ1) is 16.2. The monoisotopic (exact) mass is 494 g/mol. The van der Waals surface area contributed by atoms with Gasteiger partial charge in [-0.05, 0) is 13.3 Å². The lowest BCUT2D eigenvalue weighted by atomic mass is 10.1. The van der Waals surface area contributed by atoms with E-state index in [1.807, 2.05) is 0 Å². The average molecular weight is 495 g/mol. The van der Waals surface area contributed by atoms with Crippen molar-refractivity contribution in [3.8, 4) is 0 Å². The van der Waals surface area contributed by atoms with Gasteiger partial charge < -0.3 is 9.47 Å². The van der Waals surface area contributed by atoms with E-state index < -0.39 is 59.1 Å². The first-order valence-corrected chi connectivity index (χ1v) is 12.1. The van der Waals surface area contributed by atoms with Crippen LogP contribution in [0.2, 0.25) is 0 Å². The van der Waals surface area contributed by atoms with Crippen LogP contribution in [0.4, 0.5) is 22.0 Å². The van der Waals surface area contributed by atoms with Crippen LogP contribution in [-0.4, -0.2) is 18.5 Å². The van der Waals surface area contributed by atoms with Gasteiger partial charge in [-0.1, -0.05) is 71.1 Å². The van der Waals surface area contributed by atoms with Crippen LogP contribution in [0.1, 0.15) is 109 Å². The van der Waals surface area contributed by atoms with Crippen molar-refractivity contribution in [2.45, 2.75) is 103 Å². The predicted octanol–water partition coefficient (Wildman–Crippen LogP) is 7.62. The third-order valence-electron chi connectivity index (χ3n) is 5.50. The summed E-state index contributed by atoms with van der Waals surface area (Å²) < 4.78 is 77.0. The highest BCUT2D eigenvalue weighted by molar-refractivity contribution is 5.77. The quantitative estimate of drug-likeness (QED) is 0.0735. The number of carbonyl (C=O) groups is 2. The van der Waals surface area contributed by atoms with Crippen molar-refractivity contribution < 1.29 is 41.0 Å². The Morgan fingerprint density at radius 3 is 1.56 bits per heavy atom. The van der Waals surface area contributed by atoms with Crippen LogP contribution in [0.3, 0.4) is 0 Å². The van der Waals surface area contributed by atoms with Crippen molar-refractivity contribution in [1.82, 2.24) is 0 Å². The molecule has 4 nitrogen and oxygen atoms in total. The fourth-order valence-electron chi connectivity index (χ4n) is 3.52. The van der Waals surface area contributed by atoms with Crippen molar-refractivity contribution in [2.75, 3.05) is 6.61 Å². The fraction of sp³-hybridized carbons (Fsp3) is 0.680. The highest BCUT2D eigenvalue weighted by atomic mass is 19.2. The standard InChI is InChI=1S/C25H35F5O4/c1-3-4-5-6-7-8-9-10-11-12-13-16-33-18(31)14-15-19(32)34-17(2)20-21(26)23(28)25(30)24(29)22(20)27/h17H,3-16H2,1-2H3. The second kappa shape index (κ2) is 16.4. The molecule has 0 heterocycles. The molecule has 0 aliphatic heterocycles. The zero-order valence-corrected chi connectivity index (χ0v) is 20.0. The van der Waals surface area contributed by atoms with Gasteiger partial charge in [0, 0.05) is 0 Å². The molecule has 0 aliphatic carbocycles. The van der Waals surface area contributed by atoms with Crippen molar-refractivity contribution in [2.24, 2.45) is 0 Å². The highest BCUT2D eigenvalue weighted by Gasteiger charge is 2.30. The van der Waals surface area contributed by atoms with Crippen LogP contribution in [0.25, 0.3) is 0 Å². The highest BCUT2D eigenvalue weighted by Crippen LogP contribution is 2.29. The van der Waals surface area contributed by atoms with Crippen molar-refractivity contribution in [1.29, 1.82) is 0 Å². The normalized spacial score (nSPS) is 12.0. The Morgan fingerprint density at radius 1 is 0.647 bits per heavy atom. The minimum atomic E-state index is -2.29. The van der Waals surface area contributed by atoms with Crippen molar-refractivity contribution in [3.05, 3.63) is 34.6 Å². The van der Waals surface area contributed by atoms with Crippen molar-refractivity contribution in [3.63, 3.8) is 0 Å². The average Bonchev–Trinajstić information content (AvgIpc) is 2.81. The Labute approximate surface area is 198 Å². The van der Waals surface area contributed by atoms with Crippen LogP contribution in [0, 0.1) is 29.1 Å². The van der Waals surface area contributed by atoms with Crippen LogP contribution in [0.5, 0.6) is 0 Å². The second-order valence-corrected chi connectivity index (χ2v) is 8.37. The Kier molecular flexibility index (Phi) is 14.4. The Balaban J connectivity index is 2.19. The van der Waals surface area contributed by atoms with E-state index in [0.29, 0.717) is 6.42 Å². The number of ether oxygens (including phenoxy) is 2. The molecule has 0 saturated heterocycles. The lowest BCUT2D eigenvalue weighted by molar-refractivity contribution is -0.153. The smallest absolute Gasteiger partial charge is 0.306 e. The summed E-state index contributed by atoms with van der Waals surface area (Å²) in [5.41, 5.74) is -1.25. The van der Waals surface area contributed by atoms with E-state index in [9.17, 15) is 31.5 Å². The topological polar surface area (TPSA) is 52.6 Å². The molecule has 0 amide bonds. The maximum atomic E-state index is 13.8. The molecule has 0 radical (unpaired) electrons. The van der Waals surface area contributed by atoms with Gasteiger partial charge in [0.15, 0.2) is 23.3 Å². The molecule has 1 atom stereocenters. The number of unbranched alkanes of at least 4 members (excludes halogenated alkanes) is 10. The third-order valence-corrected chi connectivity index (χ3v) is 5.50. The summed E-state index contributed by atoms with van der Waals surface area (Å²) in [5.74, 6) is -12.3. The lowest BCUT2D eigenvalue weighted by Crippen LogP contribution is -2.16. The summed E-state index contributed by atoms with van der Waals surface area (Å²) in [6, 6.07) is 0. The maximum absolute atomic E-state index is 13.8. The molecule has 194 valence electrons. The third kappa shape index (κ3) is 10.4. The van der Waals surface area contributed by atoms with Crippen LogP contribution in [0.15, 0.2) is 0 Å². The number of rotatable bonds is 17. The number of hydrogen-bond acceptors (Lipinski definition) is 4. The first-order valence-electron chi connectivity index (χ1n) is 12.1. The fourth-order valence-corrected chi connectivity index (χ4v) is 3.52. The van der Waals surface area contributed by atoms with E-state index in [4.69, 9.17) is 9.47 Å². The molecule has 0 fully saturated rings. The molecular formula is C25H35F5O4. The summed E-state index contributed by atoms with van der Waals surface area (Å²) in [6.45, 7) is 3.40. The van der Waals surface area contributed by atoms with E-state index >= 15 is 0 Å².